The van der Waals surface area contributed by atoms with Crippen LogP contribution in [0.4, 0.5) is 0 Å². The number of carbonyl (C=O) groups excluding carboxylic acids is 1. The van der Waals surface area contributed by atoms with Gasteiger partial charge in [-0.2, -0.15) is 0 Å². The van der Waals surface area contributed by atoms with E-state index in [-0.39, 0.29) is 11.9 Å². The molecule has 1 aliphatic rings. The van der Waals surface area contributed by atoms with Gasteiger partial charge >= 0.3 is 0 Å². The smallest absolute Gasteiger partial charge is 0.255 e. The van der Waals surface area contributed by atoms with E-state index in [1.165, 1.54) is 4.88 Å². The van der Waals surface area contributed by atoms with Gasteiger partial charge in [-0.1, -0.05) is 42.0 Å². The average Bonchev–Trinajstić information content (AvgIpc) is 3.38. The van der Waals surface area contributed by atoms with Crippen molar-refractivity contribution in [3.8, 4) is 5.69 Å². The van der Waals surface area contributed by atoms with Crippen molar-refractivity contribution in [2.45, 2.75) is 19.5 Å². The summed E-state index contributed by atoms with van der Waals surface area (Å²) in [6.07, 6.45) is 2.09. The van der Waals surface area contributed by atoms with Crippen LogP contribution >= 0.6 is 11.3 Å². The molecule has 1 aliphatic heterocycles. The van der Waals surface area contributed by atoms with E-state index in [1.54, 1.807) is 11.3 Å². The molecule has 0 spiro atoms. The molecule has 1 amide bonds. The number of thiophene rings is 1. The van der Waals surface area contributed by atoms with Crippen molar-refractivity contribution >= 4 is 17.2 Å². The van der Waals surface area contributed by atoms with Gasteiger partial charge in [0.2, 0.25) is 0 Å². The molecule has 4 heteroatoms. The molecule has 0 aliphatic carbocycles. The summed E-state index contributed by atoms with van der Waals surface area (Å²) in [7, 11) is 0. The van der Waals surface area contributed by atoms with E-state index < -0.39 is 0 Å². The molecule has 2 aromatic carbocycles. The second kappa shape index (κ2) is 6.80. The summed E-state index contributed by atoms with van der Waals surface area (Å²) in [5.74, 6) is 0.0616. The molecule has 2 aromatic heterocycles. The predicted molar refractivity (Wildman–Crippen MR) is 113 cm³/mol. The van der Waals surface area contributed by atoms with Gasteiger partial charge in [0.05, 0.1) is 11.4 Å². The molecule has 3 heterocycles. The fraction of sp³-hybridized carbons (Fsp3) is 0.125. The molecule has 28 heavy (non-hydrogen) atoms. The van der Waals surface area contributed by atoms with Crippen LogP contribution in [-0.4, -0.2) is 15.4 Å². The third kappa shape index (κ3) is 2.77. The van der Waals surface area contributed by atoms with Gasteiger partial charge in [0.15, 0.2) is 0 Å². The Labute approximate surface area is 168 Å². The number of hydrogen-bond donors (Lipinski definition) is 0. The second-order valence-corrected chi connectivity index (χ2v) is 8.13. The van der Waals surface area contributed by atoms with Gasteiger partial charge in [-0.15, -0.1) is 11.3 Å². The number of nitrogens with zero attached hydrogens (tertiary/aromatic N) is 2. The maximum absolute atomic E-state index is 13.7. The van der Waals surface area contributed by atoms with E-state index in [4.69, 9.17) is 0 Å². The number of aromatic nitrogens is 1. The van der Waals surface area contributed by atoms with Gasteiger partial charge < -0.3 is 9.47 Å². The number of para-hydroxylation sites is 1. The van der Waals surface area contributed by atoms with E-state index in [2.05, 4.69) is 58.6 Å². The Hall–Kier alpha value is -3.11. The lowest BCUT2D eigenvalue weighted by atomic mass is 10.1. The Morgan fingerprint density at radius 1 is 1.00 bits per heavy atom. The normalized spacial score (nSPS) is 15.6. The first-order chi connectivity index (χ1) is 13.7. The van der Waals surface area contributed by atoms with Gasteiger partial charge in [0, 0.05) is 23.2 Å². The minimum atomic E-state index is -0.115. The minimum Gasteiger partial charge on any atom is -0.321 e. The topological polar surface area (TPSA) is 25.2 Å². The van der Waals surface area contributed by atoms with Crippen molar-refractivity contribution in [3.63, 3.8) is 0 Å². The Kier molecular flexibility index (Phi) is 4.14. The molecular weight excluding hydrogens is 364 g/mol. The second-order valence-electron chi connectivity index (χ2n) is 7.15. The lowest BCUT2D eigenvalue weighted by Gasteiger charge is -2.30. The molecule has 0 radical (unpaired) electrons. The highest BCUT2D eigenvalue weighted by Gasteiger charge is 2.33. The fourth-order valence-corrected chi connectivity index (χ4v) is 4.88. The first-order valence-corrected chi connectivity index (χ1v) is 10.3. The molecule has 4 aromatic rings. The summed E-state index contributed by atoms with van der Waals surface area (Å²) in [5, 5.41) is 2.08. The molecule has 1 atom stereocenters. The zero-order chi connectivity index (χ0) is 19.1. The van der Waals surface area contributed by atoms with Crippen molar-refractivity contribution < 1.29 is 4.79 Å². The van der Waals surface area contributed by atoms with Crippen molar-refractivity contribution in [3.05, 3.63) is 112 Å². The molecule has 0 N–H and O–H groups in total. The van der Waals surface area contributed by atoms with Crippen LogP contribution in [0.1, 0.15) is 38.1 Å². The van der Waals surface area contributed by atoms with Crippen molar-refractivity contribution in [2.75, 3.05) is 0 Å². The van der Waals surface area contributed by atoms with Crippen LogP contribution in [0, 0.1) is 6.92 Å². The van der Waals surface area contributed by atoms with Crippen molar-refractivity contribution in [2.24, 2.45) is 0 Å². The maximum Gasteiger partial charge on any atom is 0.255 e. The van der Waals surface area contributed by atoms with Crippen LogP contribution in [0.5, 0.6) is 0 Å². The third-order valence-corrected chi connectivity index (χ3v) is 6.23. The number of fused-ring (bicyclic) bond motifs is 3. The van der Waals surface area contributed by atoms with Crippen molar-refractivity contribution in [1.29, 1.82) is 0 Å². The standard InChI is InChI=1S/C24H20N2OS/c1-17-7-4-9-18(15-17)24(27)26-16-19-8-2-3-10-20(19)25-13-5-11-21(25)23(26)22-12-6-14-28-22/h2-15,23H,16H2,1H3. The summed E-state index contributed by atoms with van der Waals surface area (Å²) in [4.78, 5) is 16.9. The highest BCUT2D eigenvalue weighted by molar-refractivity contribution is 7.10. The van der Waals surface area contributed by atoms with E-state index in [9.17, 15) is 4.79 Å². The molecular formula is C24H20N2OS. The zero-order valence-electron chi connectivity index (χ0n) is 15.6. The van der Waals surface area contributed by atoms with E-state index >= 15 is 0 Å². The Bertz CT molecular complexity index is 1140. The number of aryl methyl sites for hydroxylation is 1. The Morgan fingerprint density at radius 3 is 2.71 bits per heavy atom. The third-order valence-electron chi connectivity index (χ3n) is 5.30. The summed E-state index contributed by atoms with van der Waals surface area (Å²) < 4.78 is 2.23. The average molecular weight is 385 g/mol. The monoisotopic (exact) mass is 384 g/mol. The van der Waals surface area contributed by atoms with Crippen molar-refractivity contribution in [1.82, 2.24) is 9.47 Å². The number of benzene rings is 2. The molecule has 0 saturated carbocycles. The quantitative estimate of drug-likeness (QED) is 0.442. The molecule has 1 unspecified atom stereocenters. The molecule has 3 nitrogen and oxygen atoms in total. The number of carbonyl (C=O) groups is 1. The first-order valence-electron chi connectivity index (χ1n) is 9.39. The van der Waals surface area contributed by atoms with Crippen LogP contribution < -0.4 is 0 Å². The highest BCUT2D eigenvalue weighted by Crippen LogP contribution is 2.38. The number of amides is 1. The van der Waals surface area contributed by atoms with E-state index in [1.807, 2.05) is 42.2 Å². The highest BCUT2D eigenvalue weighted by atomic mass is 32.1. The van der Waals surface area contributed by atoms with E-state index in [0.717, 1.165) is 28.1 Å². The predicted octanol–water partition coefficient (Wildman–Crippen LogP) is 5.59. The molecule has 138 valence electrons. The SMILES string of the molecule is Cc1cccc(C(=O)N2Cc3ccccc3-n3cccc3C2c2cccs2)c1. The molecule has 5 rings (SSSR count). The number of rotatable bonds is 2. The first kappa shape index (κ1) is 17.0. The van der Waals surface area contributed by atoms with Crippen LogP contribution in [0.15, 0.2) is 84.4 Å². The van der Waals surface area contributed by atoms with Gasteiger partial charge in [0.1, 0.15) is 6.04 Å². The number of hydrogen-bond acceptors (Lipinski definition) is 2. The van der Waals surface area contributed by atoms with Crippen LogP contribution in [0.3, 0.4) is 0 Å². The molecule has 0 saturated heterocycles. The molecule has 0 bridgehead atoms. The Morgan fingerprint density at radius 2 is 1.89 bits per heavy atom. The summed E-state index contributed by atoms with van der Waals surface area (Å²) >= 11 is 1.70. The van der Waals surface area contributed by atoms with Gasteiger partial charge in [0.25, 0.3) is 5.91 Å². The maximum atomic E-state index is 13.7. The zero-order valence-corrected chi connectivity index (χ0v) is 16.4. The lowest BCUT2D eigenvalue weighted by Crippen LogP contribution is -2.34. The van der Waals surface area contributed by atoms with Crippen LogP contribution in [0.25, 0.3) is 5.69 Å². The van der Waals surface area contributed by atoms with Crippen LogP contribution in [-0.2, 0) is 6.54 Å². The fourth-order valence-electron chi connectivity index (χ4n) is 4.03. The summed E-state index contributed by atoms with van der Waals surface area (Å²) in [6.45, 7) is 2.60. The van der Waals surface area contributed by atoms with Gasteiger partial charge in [-0.05, 0) is 54.3 Å². The minimum absolute atomic E-state index is 0.0616. The van der Waals surface area contributed by atoms with Crippen LogP contribution in [0.2, 0.25) is 0 Å². The largest absolute Gasteiger partial charge is 0.321 e. The van der Waals surface area contributed by atoms with E-state index in [0.29, 0.717) is 6.54 Å². The lowest BCUT2D eigenvalue weighted by molar-refractivity contribution is 0.0693. The molecule has 0 fully saturated rings. The summed E-state index contributed by atoms with van der Waals surface area (Å²) in [6, 6.07) is 24.5. The summed E-state index contributed by atoms with van der Waals surface area (Å²) in [5.41, 5.74) is 5.24. The van der Waals surface area contributed by atoms with Gasteiger partial charge in [-0.25, -0.2) is 0 Å². The Balaban J connectivity index is 1.71. The van der Waals surface area contributed by atoms with Gasteiger partial charge in [-0.3, -0.25) is 4.79 Å².